The molecule has 0 amide bonds. The maximum absolute atomic E-state index is 13.3. The van der Waals surface area contributed by atoms with Crippen molar-refractivity contribution in [1.82, 2.24) is 4.98 Å². The van der Waals surface area contributed by atoms with Crippen LogP contribution in [-0.2, 0) is 6.18 Å². The molecule has 0 atom stereocenters. The van der Waals surface area contributed by atoms with Crippen molar-refractivity contribution in [2.75, 3.05) is 11.4 Å². The van der Waals surface area contributed by atoms with E-state index >= 15 is 0 Å². The fraction of sp³-hybridized carbons (Fsp3) is 0.500. The normalized spacial score (nSPS) is 15.2. The minimum atomic E-state index is -4.69. The van der Waals surface area contributed by atoms with Gasteiger partial charge in [0.2, 0.25) is 0 Å². The van der Waals surface area contributed by atoms with Crippen LogP contribution in [0.1, 0.15) is 31.2 Å². The van der Waals surface area contributed by atoms with Crippen molar-refractivity contribution in [3.05, 3.63) is 40.6 Å². The summed E-state index contributed by atoms with van der Waals surface area (Å²) >= 11 is 0. The first-order valence-electron chi connectivity index (χ1n) is 6.93. The van der Waals surface area contributed by atoms with Crippen LogP contribution in [0.5, 0.6) is 0 Å². The van der Waals surface area contributed by atoms with Gasteiger partial charge >= 0.3 is 6.18 Å². The van der Waals surface area contributed by atoms with E-state index in [4.69, 9.17) is 0 Å². The fourth-order valence-corrected chi connectivity index (χ4v) is 2.37. The van der Waals surface area contributed by atoms with Crippen LogP contribution < -0.4 is 4.90 Å². The Morgan fingerprint density at radius 3 is 2.64 bits per heavy atom. The van der Waals surface area contributed by atoms with Crippen molar-refractivity contribution in [2.45, 2.75) is 37.9 Å². The molecule has 0 spiro atoms. The molecule has 1 heterocycles. The summed E-state index contributed by atoms with van der Waals surface area (Å²) in [5.41, 5.74) is -1.72. The standard InChI is InChI=1S/C14H16F3N3O2/c1-2-3-7-19(10-5-4-6-10)13-12(14(15,16)17)8-11(9-18-13)20(21)22/h2,8-10H,1,3-7H2. The van der Waals surface area contributed by atoms with Crippen LogP contribution in [0, 0.1) is 10.1 Å². The lowest BCUT2D eigenvalue weighted by atomic mass is 9.91. The number of anilines is 1. The maximum atomic E-state index is 13.3. The molecule has 1 saturated carbocycles. The molecule has 1 fully saturated rings. The number of nitrogens with zero attached hydrogens (tertiary/aromatic N) is 3. The van der Waals surface area contributed by atoms with Gasteiger partial charge in [-0.3, -0.25) is 10.1 Å². The van der Waals surface area contributed by atoms with E-state index in [9.17, 15) is 23.3 Å². The second kappa shape index (κ2) is 6.33. The molecule has 0 unspecified atom stereocenters. The van der Waals surface area contributed by atoms with Crippen LogP contribution in [0.15, 0.2) is 24.9 Å². The van der Waals surface area contributed by atoms with Crippen LogP contribution >= 0.6 is 0 Å². The summed E-state index contributed by atoms with van der Waals surface area (Å²) in [7, 11) is 0. The van der Waals surface area contributed by atoms with Crippen molar-refractivity contribution in [3.63, 3.8) is 0 Å². The highest BCUT2D eigenvalue weighted by Gasteiger charge is 2.39. The molecule has 22 heavy (non-hydrogen) atoms. The van der Waals surface area contributed by atoms with Crippen molar-refractivity contribution in [1.29, 1.82) is 0 Å². The lowest BCUT2D eigenvalue weighted by Crippen LogP contribution is -2.42. The summed E-state index contributed by atoms with van der Waals surface area (Å²) in [6.07, 6.45) is 0.898. The highest BCUT2D eigenvalue weighted by molar-refractivity contribution is 5.53. The van der Waals surface area contributed by atoms with Crippen molar-refractivity contribution in [3.8, 4) is 0 Å². The molecule has 1 aromatic heterocycles. The fourth-order valence-electron chi connectivity index (χ4n) is 2.37. The van der Waals surface area contributed by atoms with E-state index in [0.29, 0.717) is 19.0 Å². The highest BCUT2D eigenvalue weighted by atomic mass is 19.4. The Morgan fingerprint density at radius 1 is 1.50 bits per heavy atom. The molecule has 1 aliphatic carbocycles. The number of hydrogen-bond acceptors (Lipinski definition) is 4. The van der Waals surface area contributed by atoms with Crippen molar-refractivity contribution in [2.24, 2.45) is 0 Å². The Kier molecular flexibility index (Phi) is 4.68. The average molecular weight is 315 g/mol. The Bertz CT molecular complexity index is 571. The van der Waals surface area contributed by atoms with Crippen molar-refractivity contribution < 1.29 is 18.1 Å². The van der Waals surface area contributed by atoms with Gasteiger partial charge in [0, 0.05) is 18.7 Å². The van der Waals surface area contributed by atoms with Crippen LogP contribution in [0.3, 0.4) is 0 Å². The first kappa shape index (κ1) is 16.3. The smallest absolute Gasteiger partial charge is 0.353 e. The van der Waals surface area contributed by atoms with Gasteiger partial charge in [0.05, 0.1) is 4.92 Å². The van der Waals surface area contributed by atoms with Gasteiger partial charge in [-0.15, -0.1) is 6.58 Å². The van der Waals surface area contributed by atoms with Gasteiger partial charge in [-0.1, -0.05) is 6.08 Å². The molecular weight excluding hydrogens is 299 g/mol. The zero-order valence-corrected chi connectivity index (χ0v) is 11.8. The number of nitro groups is 1. The Labute approximate surface area is 125 Å². The van der Waals surface area contributed by atoms with Gasteiger partial charge in [0.25, 0.3) is 5.69 Å². The molecule has 1 aromatic rings. The van der Waals surface area contributed by atoms with Crippen molar-refractivity contribution >= 4 is 11.5 Å². The predicted molar refractivity (Wildman–Crippen MR) is 75.7 cm³/mol. The second-order valence-corrected chi connectivity index (χ2v) is 5.18. The highest BCUT2D eigenvalue weighted by Crippen LogP contribution is 2.40. The van der Waals surface area contributed by atoms with E-state index in [1.165, 1.54) is 0 Å². The maximum Gasteiger partial charge on any atom is 0.420 e. The molecule has 2 rings (SSSR count). The van der Waals surface area contributed by atoms with E-state index in [1.807, 2.05) is 0 Å². The monoisotopic (exact) mass is 315 g/mol. The number of halogens is 3. The molecule has 1 aliphatic rings. The summed E-state index contributed by atoms with van der Waals surface area (Å²) in [5, 5.41) is 10.7. The third kappa shape index (κ3) is 3.37. The van der Waals surface area contributed by atoms with E-state index in [-0.39, 0.29) is 11.9 Å². The topological polar surface area (TPSA) is 59.3 Å². The first-order valence-corrected chi connectivity index (χ1v) is 6.93. The molecule has 0 N–H and O–H groups in total. The summed E-state index contributed by atoms with van der Waals surface area (Å²) in [4.78, 5) is 15.2. The van der Waals surface area contributed by atoms with E-state index in [0.717, 1.165) is 25.5 Å². The molecule has 0 bridgehead atoms. The van der Waals surface area contributed by atoms with Gasteiger partial charge in [-0.25, -0.2) is 4.98 Å². The van der Waals surface area contributed by atoms with Gasteiger partial charge in [-0.2, -0.15) is 13.2 Å². The third-order valence-electron chi connectivity index (χ3n) is 3.73. The number of alkyl halides is 3. The van der Waals surface area contributed by atoms with Crippen LogP contribution in [0.4, 0.5) is 24.7 Å². The quantitative estimate of drug-likeness (QED) is 0.453. The number of pyridine rings is 1. The molecule has 120 valence electrons. The third-order valence-corrected chi connectivity index (χ3v) is 3.73. The second-order valence-electron chi connectivity index (χ2n) is 5.18. The summed E-state index contributed by atoms with van der Waals surface area (Å²) in [5.74, 6) is -0.232. The van der Waals surface area contributed by atoms with Crippen LogP contribution in [-0.4, -0.2) is 22.5 Å². The minimum Gasteiger partial charge on any atom is -0.353 e. The lowest BCUT2D eigenvalue weighted by molar-refractivity contribution is -0.385. The minimum absolute atomic E-state index is 0.00462. The van der Waals surface area contributed by atoms with E-state index in [1.54, 1.807) is 11.0 Å². The Hall–Kier alpha value is -2.12. The zero-order valence-electron chi connectivity index (χ0n) is 11.8. The first-order chi connectivity index (χ1) is 10.3. The van der Waals surface area contributed by atoms with Crippen LogP contribution in [0.25, 0.3) is 0 Å². The van der Waals surface area contributed by atoms with Gasteiger partial charge in [0.15, 0.2) is 0 Å². The van der Waals surface area contributed by atoms with Gasteiger partial charge in [0.1, 0.15) is 17.6 Å². The van der Waals surface area contributed by atoms with Gasteiger partial charge < -0.3 is 4.90 Å². The Balaban J connectivity index is 2.45. The van der Waals surface area contributed by atoms with E-state index in [2.05, 4.69) is 11.6 Å². The zero-order chi connectivity index (χ0) is 16.3. The summed E-state index contributed by atoms with van der Waals surface area (Å²) < 4.78 is 39.8. The molecule has 0 saturated heterocycles. The Morgan fingerprint density at radius 2 is 2.18 bits per heavy atom. The number of rotatable bonds is 6. The van der Waals surface area contributed by atoms with E-state index < -0.39 is 22.4 Å². The largest absolute Gasteiger partial charge is 0.420 e. The lowest BCUT2D eigenvalue weighted by Gasteiger charge is -2.39. The average Bonchev–Trinajstić information content (AvgIpc) is 2.39. The van der Waals surface area contributed by atoms with Gasteiger partial charge in [-0.05, 0) is 25.7 Å². The molecular formula is C14H16F3N3O2. The molecule has 0 radical (unpaired) electrons. The SMILES string of the molecule is C=CCCN(c1ncc([N+](=O)[O-])cc1C(F)(F)F)C1CCC1. The van der Waals surface area contributed by atoms with Crippen LogP contribution in [0.2, 0.25) is 0 Å². The number of hydrogen-bond donors (Lipinski definition) is 0. The summed E-state index contributed by atoms with van der Waals surface area (Å²) in [6, 6.07) is 0.553. The molecule has 0 aliphatic heterocycles. The summed E-state index contributed by atoms with van der Waals surface area (Å²) in [6.45, 7) is 3.94. The molecule has 0 aromatic carbocycles. The molecule has 8 heteroatoms. The molecule has 5 nitrogen and oxygen atoms in total. The predicted octanol–water partition coefficient (Wildman–Crippen LogP) is 3.94. The number of aromatic nitrogens is 1.